The van der Waals surface area contributed by atoms with Crippen molar-refractivity contribution in [2.24, 2.45) is 17.8 Å². The van der Waals surface area contributed by atoms with E-state index in [9.17, 15) is 4.79 Å². The molecule has 0 aromatic heterocycles. The lowest BCUT2D eigenvalue weighted by molar-refractivity contribution is -0.146. The number of carboxylic acids is 1. The van der Waals surface area contributed by atoms with Gasteiger partial charge in [0.05, 0.1) is 5.92 Å². The van der Waals surface area contributed by atoms with Gasteiger partial charge in [-0.05, 0) is 37.6 Å². The molecule has 2 saturated carbocycles. The van der Waals surface area contributed by atoms with Crippen LogP contribution in [0.3, 0.4) is 0 Å². The van der Waals surface area contributed by atoms with Gasteiger partial charge in [-0.1, -0.05) is 26.2 Å². The molecule has 2 rings (SSSR count). The highest BCUT2D eigenvalue weighted by Crippen LogP contribution is 2.31. The molecule has 3 nitrogen and oxygen atoms in total. The Morgan fingerprint density at radius 1 is 1.25 bits per heavy atom. The summed E-state index contributed by atoms with van der Waals surface area (Å²) in [6.45, 7) is 3.36. The Hall–Kier alpha value is -0.570. The molecule has 0 saturated heterocycles. The van der Waals surface area contributed by atoms with Crippen molar-refractivity contribution in [1.29, 1.82) is 0 Å². The second-order valence-electron chi connectivity index (χ2n) is 5.56. The lowest BCUT2D eigenvalue weighted by atomic mass is 9.77. The van der Waals surface area contributed by atoms with Gasteiger partial charge in [-0.25, -0.2) is 0 Å². The van der Waals surface area contributed by atoms with Crippen molar-refractivity contribution in [3.05, 3.63) is 0 Å². The summed E-state index contributed by atoms with van der Waals surface area (Å²) in [7, 11) is 0. The third-order valence-corrected chi connectivity index (χ3v) is 4.52. The van der Waals surface area contributed by atoms with Crippen LogP contribution in [0.15, 0.2) is 0 Å². The van der Waals surface area contributed by atoms with E-state index >= 15 is 0 Å². The monoisotopic (exact) mass is 225 g/mol. The zero-order valence-corrected chi connectivity index (χ0v) is 10.1. The van der Waals surface area contributed by atoms with Crippen molar-refractivity contribution in [1.82, 2.24) is 5.32 Å². The Labute approximate surface area is 97.6 Å². The third kappa shape index (κ3) is 2.57. The minimum atomic E-state index is -0.625. The van der Waals surface area contributed by atoms with E-state index in [4.69, 9.17) is 5.11 Å². The van der Waals surface area contributed by atoms with Gasteiger partial charge in [-0.3, -0.25) is 4.79 Å². The molecule has 0 spiro atoms. The molecule has 0 amide bonds. The van der Waals surface area contributed by atoms with E-state index in [0.717, 1.165) is 31.2 Å². The Bertz CT molecular complexity index is 254. The molecule has 0 bridgehead atoms. The summed E-state index contributed by atoms with van der Waals surface area (Å²) >= 11 is 0. The second kappa shape index (κ2) is 5.17. The molecule has 0 radical (unpaired) electrons. The fourth-order valence-electron chi connectivity index (χ4n) is 3.04. The molecule has 3 heteroatoms. The molecule has 4 atom stereocenters. The SMILES string of the molecule is CC1CCCCC1CNC1CCC1C(=O)O. The molecular weight excluding hydrogens is 202 g/mol. The van der Waals surface area contributed by atoms with Crippen LogP contribution in [-0.4, -0.2) is 23.7 Å². The zero-order chi connectivity index (χ0) is 11.5. The molecule has 16 heavy (non-hydrogen) atoms. The second-order valence-corrected chi connectivity index (χ2v) is 5.56. The summed E-state index contributed by atoms with van der Waals surface area (Å²) in [6, 6.07) is 0.242. The van der Waals surface area contributed by atoms with Crippen molar-refractivity contribution in [3.63, 3.8) is 0 Å². The molecule has 0 aromatic carbocycles. The number of carboxylic acid groups (broad SMARTS) is 1. The molecule has 2 fully saturated rings. The highest BCUT2D eigenvalue weighted by molar-refractivity contribution is 5.72. The van der Waals surface area contributed by atoms with Gasteiger partial charge in [0.25, 0.3) is 0 Å². The van der Waals surface area contributed by atoms with Crippen LogP contribution in [0.4, 0.5) is 0 Å². The first-order valence-electron chi connectivity index (χ1n) is 6.64. The summed E-state index contributed by atoms with van der Waals surface area (Å²) < 4.78 is 0. The molecule has 2 aliphatic rings. The van der Waals surface area contributed by atoms with Crippen LogP contribution < -0.4 is 5.32 Å². The molecule has 0 aliphatic heterocycles. The van der Waals surface area contributed by atoms with Gasteiger partial charge in [-0.2, -0.15) is 0 Å². The number of hydrogen-bond donors (Lipinski definition) is 2. The highest BCUT2D eigenvalue weighted by atomic mass is 16.4. The fourth-order valence-corrected chi connectivity index (χ4v) is 3.04. The van der Waals surface area contributed by atoms with E-state index < -0.39 is 5.97 Å². The van der Waals surface area contributed by atoms with E-state index in [1.807, 2.05) is 0 Å². The summed E-state index contributed by atoms with van der Waals surface area (Å²) in [4.78, 5) is 10.9. The van der Waals surface area contributed by atoms with Crippen molar-refractivity contribution < 1.29 is 9.90 Å². The number of aliphatic carboxylic acids is 1. The summed E-state index contributed by atoms with van der Waals surface area (Å²) in [6.07, 6.45) is 7.28. The number of rotatable bonds is 4. The number of hydrogen-bond acceptors (Lipinski definition) is 2. The maximum absolute atomic E-state index is 10.9. The summed E-state index contributed by atoms with van der Waals surface area (Å²) in [5.41, 5.74) is 0. The third-order valence-electron chi connectivity index (χ3n) is 4.52. The maximum atomic E-state index is 10.9. The van der Waals surface area contributed by atoms with Gasteiger partial charge in [0, 0.05) is 6.04 Å². The van der Waals surface area contributed by atoms with Crippen LogP contribution in [0.1, 0.15) is 45.4 Å². The zero-order valence-electron chi connectivity index (χ0n) is 10.1. The first-order chi connectivity index (χ1) is 7.68. The van der Waals surface area contributed by atoms with Crippen LogP contribution in [-0.2, 0) is 4.79 Å². The predicted octanol–water partition coefficient (Wildman–Crippen LogP) is 2.27. The topological polar surface area (TPSA) is 49.3 Å². The standard InChI is InChI=1S/C13H23NO2/c1-9-4-2-3-5-10(9)8-14-12-7-6-11(12)13(15)16/h9-12,14H,2-8H2,1H3,(H,15,16). The molecule has 4 unspecified atom stereocenters. The Kier molecular flexibility index (Phi) is 3.85. The largest absolute Gasteiger partial charge is 0.481 e. The van der Waals surface area contributed by atoms with Crippen molar-refractivity contribution >= 4 is 5.97 Å². The summed E-state index contributed by atoms with van der Waals surface area (Å²) in [5, 5.41) is 12.4. The Morgan fingerprint density at radius 3 is 2.56 bits per heavy atom. The minimum absolute atomic E-state index is 0.126. The number of carbonyl (C=O) groups is 1. The van der Waals surface area contributed by atoms with Crippen molar-refractivity contribution in [3.8, 4) is 0 Å². The van der Waals surface area contributed by atoms with Gasteiger partial charge >= 0.3 is 5.97 Å². The molecule has 92 valence electrons. The van der Waals surface area contributed by atoms with Crippen molar-refractivity contribution in [2.45, 2.75) is 51.5 Å². The molecule has 2 aliphatic carbocycles. The van der Waals surface area contributed by atoms with Gasteiger partial charge in [0.1, 0.15) is 0 Å². The van der Waals surface area contributed by atoms with Crippen LogP contribution in [0.25, 0.3) is 0 Å². The fraction of sp³-hybridized carbons (Fsp3) is 0.923. The highest BCUT2D eigenvalue weighted by Gasteiger charge is 2.36. The normalized spacial score (nSPS) is 39.1. The smallest absolute Gasteiger partial charge is 0.308 e. The molecular formula is C13H23NO2. The minimum Gasteiger partial charge on any atom is -0.481 e. The van der Waals surface area contributed by atoms with Gasteiger partial charge in [-0.15, -0.1) is 0 Å². The van der Waals surface area contributed by atoms with Gasteiger partial charge < -0.3 is 10.4 Å². The van der Waals surface area contributed by atoms with Crippen LogP contribution in [0.5, 0.6) is 0 Å². The number of nitrogens with one attached hydrogen (secondary N) is 1. The van der Waals surface area contributed by atoms with E-state index in [2.05, 4.69) is 12.2 Å². The maximum Gasteiger partial charge on any atom is 0.308 e. The quantitative estimate of drug-likeness (QED) is 0.771. The van der Waals surface area contributed by atoms with E-state index in [0.29, 0.717) is 0 Å². The van der Waals surface area contributed by atoms with E-state index in [1.54, 1.807) is 0 Å². The molecule has 0 aromatic rings. The average molecular weight is 225 g/mol. The van der Waals surface area contributed by atoms with Crippen LogP contribution in [0.2, 0.25) is 0 Å². The van der Waals surface area contributed by atoms with Crippen molar-refractivity contribution in [2.75, 3.05) is 6.54 Å². The average Bonchev–Trinajstić information content (AvgIpc) is 2.18. The van der Waals surface area contributed by atoms with Gasteiger partial charge in [0.15, 0.2) is 0 Å². The first kappa shape index (κ1) is 11.9. The Balaban J connectivity index is 1.72. The lowest BCUT2D eigenvalue weighted by Crippen LogP contribution is -2.49. The lowest BCUT2D eigenvalue weighted by Gasteiger charge is -2.37. The first-order valence-corrected chi connectivity index (χ1v) is 6.64. The van der Waals surface area contributed by atoms with E-state index in [1.165, 1.54) is 25.7 Å². The summed E-state index contributed by atoms with van der Waals surface area (Å²) in [5.74, 6) is 0.827. The molecule has 0 heterocycles. The predicted molar refractivity (Wildman–Crippen MR) is 63.3 cm³/mol. The van der Waals surface area contributed by atoms with Crippen LogP contribution in [0, 0.1) is 17.8 Å². The molecule has 2 N–H and O–H groups in total. The van der Waals surface area contributed by atoms with Gasteiger partial charge in [0.2, 0.25) is 0 Å². The Morgan fingerprint density at radius 2 is 2.00 bits per heavy atom. The van der Waals surface area contributed by atoms with E-state index in [-0.39, 0.29) is 12.0 Å². The van der Waals surface area contributed by atoms with Crippen LogP contribution >= 0.6 is 0 Å².